The Balaban J connectivity index is 2.32. The number of carbonyl (C=O) groups is 1. The van der Waals surface area contributed by atoms with E-state index in [9.17, 15) is 4.79 Å². The molecular formula is C12H18BrN3O2. The van der Waals surface area contributed by atoms with Gasteiger partial charge in [0.25, 0.3) is 0 Å². The molecule has 0 fully saturated rings. The maximum atomic E-state index is 11.6. The second-order valence-corrected chi connectivity index (χ2v) is 4.94. The van der Waals surface area contributed by atoms with Crippen molar-refractivity contribution in [3.8, 4) is 0 Å². The van der Waals surface area contributed by atoms with Gasteiger partial charge in [0.2, 0.25) is 5.91 Å². The first-order chi connectivity index (χ1) is 8.61. The van der Waals surface area contributed by atoms with E-state index in [1.54, 1.807) is 19.5 Å². The van der Waals surface area contributed by atoms with E-state index < -0.39 is 0 Å². The average molecular weight is 316 g/mol. The number of amides is 1. The summed E-state index contributed by atoms with van der Waals surface area (Å²) in [6.45, 7) is 2.12. The lowest BCUT2D eigenvalue weighted by molar-refractivity contribution is -0.122. The topological polar surface area (TPSA) is 54.5 Å². The van der Waals surface area contributed by atoms with Gasteiger partial charge in [-0.25, -0.2) is 0 Å². The zero-order valence-corrected chi connectivity index (χ0v) is 12.2. The fraction of sp³-hybridized carbons (Fsp3) is 0.500. The van der Waals surface area contributed by atoms with Gasteiger partial charge in [0, 0.05) is 37.1 Å². The summed E-state index contributed by atoms with van der Waals surface area (Å²) in [5, 5.41) is 2.78. The lowest BCUT2D eigenvalue weighted by atomic mass is 10.3. The third kappa shape index (κ3) is 6.09. The van der Waals surface area contributed by atoms with Crippen LogP contribution in [0, 0.1) is 0 Å². The molecule has 1 aromatic rings. The quantitative estimate of drug-likeness (QED) is 0.764. The largest absolute Gasteiger partial charge is 0.383 e. The minimum Gasteiger partial charge on any atom is -0.383 e. The van der Waals surface area contributed by atoms with E-state index in [0.717, 1.165) is 10.0 Å². The van der Waals surface area contributed by atoms with Crippen LogP contribution in [-0.4, -0.2) is 49.6 Å². The van der Waals surface area contributed by atoms with Crippen molar-refractivity contribution < 1.29 is 9.53 Å². The monoisotopic (exact) mass is 315 g/mol. The molecular weight excluding hydrogens is 298 g/mol. The van der Waals surface area contributed by atoms with Crippen molar-refractivity contribution in [2.45, 2.75) is 6.54 Å². The maximum absolute atomic E-state index is 11.6. The van der Waals surface area contributed by atoms with E-state index >= 15 is 0 Å². The SMILES string of the molecule is COCCNC(=O)CN(C)Cc1cncc(Br)c1. The second-order valence-electron chi connectivity index (χ2n) is 4.03. The van der Waals surface area contributed by atoms with Crippen molar-refractivity contribution in [2.75, 3.05) is 33.9 Å². The molecule has 1 aromatic heterocycles. The highest BCUT2D eigenvalue weighted by atomic mass is 79.9. The van der Waals surface area contributed by atoms with Crippen molar-refractivity contribution >= 4 is 21.8 Å². The van der Waals surface area contributed by atoms with Gasteiger partial charge in [0.05, 0.1) is 13.2 Å². The zero-order valence-electron chi connectivity index (χ0n) is 10.6. The summed E-state index contributed by atoms with van der Waals surface area (Å²) in [4.78, 5) is 17.6. The Bertz CT molecular complexity index is 387. The molecule has 5 nitrogen and oxygen atoms in total. The van der Waals surface area contributed by atoms with Gasteiger partial charge in [-0.3, -0.25) is 14.7 Å². The number of rotatable bonds is 7. The van der Waals surface area contributed by atoms with Gasteiger partial charge in [0.1, 0.15) is 0 Å². The molecule has 1 rings (SSSR count). The zero-order chi connectivity index (χ0) is 13.4. The Morgan fingerprint density at radius 2 is 2.33 bits per heavy atom. The second kappa shape index (κ2) is 8.18. The van der Waals surface area contributed by atoms with Gasteiger partial charge in [-0.15, -0.1) is 0 Å². The molecule has 0 spiro atoms. The number of pyridine rings is 1. The van der Waals surface area contributed by atoms with Crippen molar-refractivity contribution in [1.29, 1.82) is 0 Å². The summed E-state index contributed by atoms with van der Waals surface area (Å²) in [6, 6.07) is 1.99. The Hall–Kier alpha value is -0.980. The minimum atomic E-state index is -0.00231. The fourth-order valence-electron chi connectivity index (χ4n) is 1.50. The predicted octanol–water partition coefficient (Wildman–Crippen LogP) is 1.04. The number of carbonyl (C=O) groups excluding carboxylic acids is 1. The summed E-state index contributed by atoms with van der Waals surface area (Å²) in [5.41, 5.74) is 1.07. The lowest BCUT2D eigenvalue weighted by Crippen LogP contribution is -2.36. The smallest absolute Gasteiger partial charge is 0.234 e. The number of ether oxygens (including phenoxy) is 1. The normalized spacial score (nSPS) is 10.7. The summed E-state index contributed by atoms with van der Waals surface area (Å²) >= 11 is 3.37. The van der Waals surface area contributed by atoms with E-state index in [1.165, 1.54) is 0 Å². The number of hydrogen-bond donors (Lipinski definition) is 1. The number of methoxy groups -OCH3 is 1. The molecule has 0 bridgehead atoms. The van der Waals surface area contributed by atoms with Crippen LogP contribution in [0.25, 0.3) is 0 Å². The van der Waals surface area contributed by atoms with Crippen LogP contribution in [-0.2, 0) is 16.1 Å². The Morgan fingerprint density at radius 1 is 1.56 bits per heavy atom. The van der Waals surface area contributed by atoms with E-state index in [4.69, 9.17) is 4.74 Å². The van der Waals surface area contributed by atoms with E-state index in [2.05, 4.69) is 26.2 Å². The van der Waals surface area contributed by atoms with Gasteiger partial charge in [0.15, 0.2) is 0 Å². The third-order valence-electron chi connectivity index (χ3n) is 2.26. The summed E-state index contributed by atoms with van der Waals surface area (Å²) < 4.78 is 5.81. The Morgan fingerprint density at radius 3 is 3.00 bits per heavy atom. The molecule has 0 aliphatic rings. The molecule has 1 heterocycles. The van der Waals surface area contributed by atoms with Crippen molar-refractivity contribution in [3.05, 3.63) is 28.5 Å². The summed E-state index contributed by atoms with van der Waals surface area (Å²) in [6.07, 6.45) is 3.53. The van der Waals surface area contributed by atoms with Gasteiger partial charge >= 0.3 is 0 Å². The van der Waals surface area contributed by atoms with Crippen LogP contribution in [0.1, 0.15) is 5.56 Å². The molecule has 0 unspecified atom stereocenters. The van der Waals surface area contributed by atoms with Crippen LogP contribution >= 0.6 is 15.9 Å². The van der Waals surface area contributed by atoms with Crippen molar-refractivity contribution in [3.63, 3.8) is 0 Å². The highest BCUT2D eigenvalue weighted by Gasteiger charge is 2.07. The standard InChI is InChI=1S/C12H18BrN3O2/c1-16(9-12(17)15-3-4-18-2)8-10-5-11(13)7-14-6-10/h5-7H,3-4,8-9H2,1-2H3,(H,15,17). The van der Waals surface area contributed by atoms with E-state index in [1.807, 2.05) is 18.0 Å². The van der Waals surface area contributed by atoms with Crippen LogP contribution < -0.4 is 5.32 Å². The van der Waals surface area contributed by atoms with Gasteiger partial charge in [-0.05, 0) is 34.6 Å². The fourth-order valence-corrected chi connectivity index (χ4v) is 1.92. The first-order valence-electron chi connectivity index (χ1n) is 5.65. The van der Waals surface area contributed by atoms with Crippen LogP contribution in [0.4, 0.5) is 0 Å². The highest BCUT2D eigenvalue weighted by Crippen LogP contribution is 2.10. The average Bonchev–Trinajstić information content (AvgIpc) is 2.29. The van der Waals surface area contributed by atoms with Gasteiger partial charge in [-0.1, -0.05) is 0 Å². The number of nitrogens with zero attached hydrogens (tertiary/aromatic N) is 2. The minimum absolute atomic E-state index is 0.00231. The number of nitrogens with one attached hydrogen (secondary N) is 1. The first-order valence-corrected chi connectivity index (χ1v) is 6.44. The van der Waals surface area contributed by atoms with Crippen LogP contribution in [0.5, 0.6) is 0 Å². The molecule has 0 saturated heterocycles. The maximum Gasteiger partial charge on any atom is 0.234 e. The molecule has 1 N–H and O–H groups in total. The third-order valence-corrected chi connectivity index (χ3v) is 2.69. The number of halogens is 1. The lowest BCUT2D eigenvalue weighted by Gasteiger charge is -2.16. The molecule has 0 aliphatic heterocycles. The summed E-state index contributed by atoms with van der Waals surface area (Å²) in [7, 11) is 3.51. The Labute approximate surface area is 116 Å². The number of aromatic nitrogens is 1. The molecule has 0 aliphatic carbocycles. The molecule has 6 heteroatoms. The number of likely N-dealkylation sites (N-methyl/N-ethyl adjacent to an activating group) is 1. The highest BCUT2D eigenvalue weighted by molar-refractivity contribution is 9.10. The molecule has 18 heavy (non-hydrogen) atoms. The van der Waals surface area contributed by atoms with Crippen LogP contribution in [0.2, 0.25) is 0 Å². The first kappa shape index (κ1) is 15.1. The van der Waals surface area contributed by atoms with Gasteiger partial charge < -0.3 is 10.1 Å². The summed E-state index contributed by atoms with van der Waals surface area (Å²) in [5.74, 6) is -0.00231. The molecule has 100 valence electrons. The van der Waals surface area contributed by atoms with Crippen molar-refractivity contribution in [2.24, 2.45) is 0 Å². The van der Waals surface area contributed by atoms with Gasteiger partial charge in [-0.2, -0.15) is 0 Å². The van der Waals surface area contributed by atoms with E-state index in [-0.39, 0.29) is 5.91 Å². The van der Waals surface area contributed by atoms with Crippen LogP contribution in [0.3, 0.4) is 0 Å². The number of hydrogen-bond acceptors (Lipinski definition) is 4. The molecule has 0 aromatic carbocycles. The Kier molecular flexibility index (Phi) is 6.85. The molecule has 0 saturated carbocycles. The molecule has 0 radical (unpaired) electrons. The van der Waals surface area contributed by atoms with E-state index in [0.29, 0.717) is 26.2 Å². The predicted molar refractivity (Wildman–Crippen MR) is 73.2 cm³/mol. The molecule has 0 atom stereocenters. The molecule has 1 amide bonds. The van der Waals surface area contributed by atoms with Crippen LogP contribution in [0.15, 0.2) is 22.9 Å². The van der Waals surface area contributed by atoms with Crippen molar-refractivity contribution in [1.82, 2.24) is 15.2 Å².